The fourth-order valence-electron chi connectivity index (χ4n) is 5.51. The first-order chi connectivity index (χ1) is 16.5. The van der Waals surface area contributed by atoms with Crippen molar-refractivity contribution < 1.29 is 14.4 Å². The highest BCUT2D eigenvalue weighted by atomic mass is 79.9. The normalized spacial score (nSPS) is 24.8. The van der Waals surface area contributed by atoms with Crippen molar-refractivity contribution in [1.82, 2.24) is 4.90 Å². The van der Waals surface area contributed by atoms with Crippen LogP contribution < -0.4 is 4.90 Å². The predicted octanol–water partition coefficient (Wildman–Crippen LogP) is 5.50. The molecule has 3 aromatic rings. The Bertz CT molecular complexity index is 1390. The van der Waals surface area contributed by atoms with E-state index in [0.29, 0.717) is 16.3 Å². The Morgan fingerprint density at radius 1 is 0.882 bits per heavy atom. The van der Waals surface area contributed by atoms with E-state index in [1.165, 1.54) is 4.90 Å². The molecule has 34 heavy (non-hydrogen) atoms. The molecule has 0 radical (unpaired) electrons. The summed E-state index contributed by atoms with van der Waals surface area (Å²) in [5, 5.41) is 0.526. The number of rotatable bonds is 3. The van der Waals surface area contributed by atoms with Crippen LogP contribution in [-0.2, 0) is 9.59 Å². The summed E-state index contributed by atoms with van der Waals surface area (Å²) in [5.74, 6) is -2.29. The molecule has 5 nitrogen and oxygen atoms in total. The Kier molecular flexibility index (Phi) is 4.97. The summed E-state index contributed by atoms with van der Waals surface area (Å²) in [6, 6.07) is 20.4. The SMILES string of the molecule is O=C(c1ccc(Cl)cc1)[C@@H]1[C@@H]2C(=O)N(c3cccc(Br)c3)C(=O)[C@@H]2[C@H]2c3ccccc3C=CN12. The van der Waals surface area contributed by atoms with Gasteiger partial charge in [-0.15, -0.1) is 0 Å². The van der Waals surface area contributed by atoms with Crippen molar-refractivity contribution in [1.29, 1.82) is 0 Å². The number of carbonyl (C=O) groups excluding carboxylic acids is 3. The minimum absolute atomic E-state index is 0.199. The third-order valence-electron chi connectivity index (χ3n) is 6.93. The summed E-state index contributed by atoms with van der Waals surface area (Å²) < 4.78 is 0.768. The monoisotopic (exact) mass is 532 g/mol. The molecule has 0 spiro atoms. The van der Waals surface area contributed by atoms with E-state index in [1.54, 1.807) is 42.5 Å². The van der Waals surface area contributed by atoms with Gasteiger partial charge in [-0.1, -0.05) is 57.9 Å². The van der Waals surface area contributed by atoms with Gasteiger partial charge in [-0.05, 0) is 59.7 Å². The van der Waals surface area contributed by atoms with Crippen LogP contribution in [0.15, 0.2) is 83.5 Å². The van der Waals surface area contributed by atoms with Gasteiger partial charge < -0.3 is 4.90 Å². The summed E-state index contributed by atoms with van der Waals surface area (Å²) in [4.78, 5) is 44.6. The molecule has 0 saturated carbocycles. The number of Topliss-reactive ketones (excluding diaryl/α,β-unsaturated/α-hetero) is 1. The number of ketones is 1. The van der Waals surface area contributed by atoms with Crippen LogP contribution in [0.25, 0.3) is 6.08 Å². The molecule has 4 atom stereocenters. The summed E-state index contributed by atoms with van der Waals surface area (Å²) in [6.45, 7) is 0. The number of imide groups is 1. The van der Waals surface area contributed by atoms with Crippen molar-refractivity contribution >= 4 is 56.9 Å². The minimum Gasteiger partial charge on any atom is -0.358 e. The molecule has 0 unspecified atom stereocenters. The van der Waals surface area contributed by atoms with Gasteiger partial charge in [-0.25, -0.2) is 4.90 Å². The molecule has 168 valence electrons. The van der Waals surface area contributed by atoms with E-state index in [1.807, 2.05) is 47.5 Å². The average molecular weight is 534 g/mol. The molecular formula is C27H18BrClN2O3. The van der Waals surface area contributed by atoms with Crippen LogP contribution in [0.1, 0.15) is 27.5 Å². The highest BCUT2D eigenvalue weighted by Gasteiger charge is 2.64. The van der Waals surface area contributed by atoms with Gasteiger partial charge in [-0.2, -0.15) is 0 Å². The standard InChI is InChI=1S/C27H18BrClN2O3/c28-17-5-3-6-19(14-17)31-26(33)21-22(27(31)34)24(25(32)16-8-10-18(29)11-9-16)30-13-12-15-4-1-2-7-20(15)23(21)30/h1-14,21-24H/t21-,22+,23+,24-/m0/s1. The van der Waals surface area contributed by atoms with E-state index in [-0.39, 0.29) is 17.6 Å². The van der Waals surface area contributed by atoms with Crippen molar-refractivity contribution in [2.75, 3.05) is 4.90 Å². The largest absolute Gasteiger partial charge is 0.358 e. The summed E-state index contributed by atoms with van der Waals surface area (Å²) in [5.41, 5.74) is 2.90. The summed E-state index contributed by atoms with van der Waals surface area (Å²) in [6.07, 6.45) is 3.80. The smallest absolute Gasteiger partial charge is 0.240 e. The molecule has 0 aliphatic carbocycles. The topological polar surface area (TPSA) is 57.7 Å². The molecule has 3 aromatic carbocycles. The molecular weight excluding hydrogens is 516 g/mol. The maximum atomic E-state index is 13.8. The lowest BCUT2D eigenvalue weighted by atomic mass is 9.83. The van der Waals surface area contributed by atoms with Gasteiger partial charge in [0.05, 0.1) is 23.6 Å². The maximum Gasteiger partial charge on any atom is 0.240 e. The van der Waals surface area contributed by atoms with Crippen molar-refractivity contribution in [2.45, 2.75) is 12.1 Å². The molecule has 3 aliphatic heterocycles. The number of fused-ring (bicyclic) bond motifs is 5. The fourth-order valence-corrected chi connectivity index (χ4v) is 6.02. The molecule has 3 heterocycles. The number of carbonyl (C=O) groups is 3. The van der Waals surface area contributed by atoms with Crippen molar-refractivity contribution in [2.24, 2.45) is 11.8 Å². The van der Waals surface area contributed by atoms with Gasteiger partial charge in [0.1, 0.15) is 6.04 Å². The van der Waals surface area contributed by atoms with E-state index in [4.69, 9.17) is 11.6 Å². The number of benzene rings is 3. The lowest BCUT2D eigenvalue weighted by Gasteiger charge is -2.35. The number of amides is 2. The Morgan fingerprint density at radius 2 is 1.62 bits per heavy atom. The minimum atomic E-state index is -0.797. The number of hydrogen-bond acceptors (Lipinski definition) is 4. The number of hydrogen-bond donors (Lipinski definition) is 0. The molecule has 6 rings (SSSR count). The second-order valence-electron chi connectivity index (χ2n) is 8.70. The number of nitrogens with zero attached hydrogens (tertiary/aromatic N) is 2. The van der Waals surface area contributed by atoms with Crippen LogP contribution in [0.4, 0.5) is 5.69 Å². The first kappa shape index (κ1) is 21.3. The van der Waals surface area contributed by atoms with Crippen LogP contribution in [0.5, 0.6) is 0 Å². The highest BCUT2D eigenvalue weighted by Crippen LogP contribution is 2.53. The van der Waals surface area contributed by atoms with Gasteiger partial charge in [0.15, 0.2) is 5.78 Å². The van der Waals surface area contributed by atoms with Gasteiger partial charge in [0, 0.05) is 21.3 Å². The molecule has 0 bridgehead atoms. The van der Waals surface area contributed by atoms with Gasteiger partial charge in [0.25, 0.3) is 0 Å². The van der Waals surface area contributed by atoms with Crippen molar-refractivity contribution in [3.8, 4) is 0 Å². The molecule has 3 aliphatic rings. The molecule has 2 saturated heterocycles. The lowest BCUT2D eigenvalue weighted by Crippen LogP contribution is -2.44. The quantitative estimate of drug-likeness (QED) is 0.330. The molecule has 0 aromatic heterocycles. The van der Waals surface area contributed by atoms with Crippen molar-refractivity contribution in [3.63, 3.8) is 0 Å². The second kappa shape index (κ2) is 7.93. The molecule has 7 heteroatoms. The Hall–Kier alpha value is -3.22. The predicted molar refractivity (Wildman–Crippen MR) is 133 cm³/mol. The zero-order valence-corrected chi connectivity index (χ0v) is 20.1. The third kappa shape index (κ3) is 3.09. The lowest BCUT2D eigenvalue weighted by molar-refractivity contribution is -0.123. The third-order valence-corrected chi connectivity index (χ3v) is 7.67. The maximum absolute atomic E-state index is 13.8. The molecule has 2 amide bonds. The average Bonchev–Trinajstić information content (AvgIpc) is 3.31. The molecule has 0 N–H and O–H groups in total. The van der Waals surface area contributed by atoms with Crippen LogP contribution in [0.2, 0.25) is 5.02 Å². The first-order valence-corrected chi connectivity index (χ1v) is 12.1. The first-order valence-electron chi connectivity index (χ1n) is 10.9. The number of halogens is 2. The van der Waals surface area contributed by atoms with Gasteiger partial charge in [-0.3, -0.25) is 14.4 Å². The van der Waals surface area contributed by atoms with Crippen LogP contribution in [0.3, 0.4) is 0 Å². The van der Waals surface area contributed by atoms with Crippen LogP contribution in [0, 0.1) is 11.8 Å². The summed E-state index contributed by atoms with van der Waals surface area (Å²) >= 11 is 9.46. The van der Waals surface area contributed by atoms with Gasteiger partial charge in [0.2, 0.25) is 11.8 Å². The number of anilines is 1. The van der Waals surface area contributed by atoms with E-state index >= 15 is 0 Å². The van der Waals surface area contributed by atoms with E-state index in [0.717, 1.165) is 15.6 Å². The Labute approximate surface area is 209 Å². The Balaban J connectivity index is 1.50. The van der Waals surface area contributed by atoms with Crippen LogP contribution >= 0.6 is 27.5 Å². The van der Waals surface area contributed by atoms with E-state index in [2.05, 4.69) is 15.9 Å². The van der Waals surface area contributed by atoms with Gasteiger partial charge >= 0.3 is 0 Å². The molecule has 2 fully saturated rings. The fraction of sp³-hybridized carbons (Fsp3) is 0.148. The van der Waals surface area contributed by atoms with Crippen molar-refractivity contribution in [3.05, 3.63) is 105 Å². The van der Waals surface area contributed by atoms with E-state index < -0.39 is 23.9 Å². The zero-order valence-electron chi connectivity index (χ0n) is 17.8. The summed E-state index contributed by atoms with van der Waals surface area (Å²) in [7, 11) is 0. The highest BCUT2D eigenvalue weighted by molar-refractivity contribution is 9.10. The second-order valence-corrected chi connectivity index (χ2v) is 10.0. The van der Waals surface area contributed by atoms with Crippen LogP contribution in [-0.4, -0.2) is 28.5 Å². The zero-order chi connectivity index (χ0) is 23.6. The Morgan fingerprint density at radius 3 is 2.38 bits per heavy atom. The van der Waals surface area contributed by atoms with E-state index in [9.17, 15) is 14.4 Å².